The SMILES string of the molecule is CC.Cc1cc(-c2noc(CC(C)(C)C)n2)cnc1S(C)(=O)=O. The standard InChI is InChI=1S/C14H19N3O3S.C2H6/c1-9-6-10(8-15-13(9)21(5,18)19)12-16-11(20-17-12)7-14(2,3)4;1-2/h6,8H,7H2,1-5H3;1-2H3. The maximum atomic E-state index is 11.6. The molecule has 7 heteroatoms. The molecule has 2 aromatic heterocycles. The second-order valence-corrected chi connectivity index (χ2v) is 8.30. The van der Waals surface area contributed by atoms with Gasteiger partial charge in [-0.05, 0) is 24.0 Å². The van der Waals surface area contributed by atoms with Crippen LogP contribution in [-0.4, -0.2) is 29.8 Å². The van der Waals surface area contributed by atoms with Crippen molar-refractivity contribution in [3.63, 3.8) is 0 Å². The molecule has 0 aliphatic carbocycles. The zero-order chi connectivity index (χ0) is 17.8. The molecule has 2 aromatic rings. The van der Waals surface area contributed by atoms with Crippen molar-refractivity contribution in [3.8, 4) is 11.4 Å². The van der Waals surface area contributed by atoms with Crippen molar-refractivity contribution in [3.05, 3.63) is 23.7 Å². The van der Waals surface area contributed by atoms with Crippen molar-refractivity contribution < 1.29 is 12.9 Å². The molecule has 2 heterocycles. The Balaban J connectivity index is 0.00000127. The third-order valence-corrected chi connectivity index (χ3v) is 3.92. The number of sulfone groups is 1. The highest BCUT2D eigenvalue weighted by Gasteiger charge is 2.19. The molecule has 0 aliphatic heterocycles. The number of aromatic nitrogens is 3. The van der Waals surface area contributed by atoms with Crippen LogP contribution < -0.4 is 0 Å². The van der Waals surface area contributed by atoms with Crippen molar-refractivity contribution in [2.75, 3.05) is 6.26 Å². The summed E-state index contributed by atoms with van der Waals surface area (Å²) in [5.41, 5.74) is 1.26. The van der Waals surface area contributed by atoms with Gasteiger partial charge in [0.05, 0.1) is 0 Å². The second-order valence-electron chi connectivity index (χ2n) is 6.37. The zero-order valence-electron chi connectivity index (χ0n) is 14.8. The van der Waals surface area contributed by atoms with Gasteiger partial charge in [0.1, 0.15) is 0 Å². The largest absolute Gasteiger partial charge is 0.339 e. The number of pyridine rings is 1. The molecule has 0 amide bonds. The Kier molecular flexibility index (Phi) is 6.04. The van der Waals surface area contributed by atoms with Crippen molar-refractivity contribution in [1.29, 1.82) is 0 Å². The van der Waals surface area contributed by atoms with E-state index in [1.807, 2.05) is 13.8 Å². The Bertz CT molecular complexity index is 759. The fourth-order valence-electron chi connectivity index (χ4n) is 1.97. The molecule has 0 spiro atoms. The van der Waals surface area contributed by atoms with Gasteiger partial charge < -0.3 is 4.52 Å². The number of rotatable bonds is 3. The lowest BCUT2D eigenvalue weighted by molar-refractivity contribution is 0.314. The number of nitrogens with zero attached hydrogens (tertiary/aromatic N) is 3. The first kappa shape index (κ1) is 19.3. The van der Waals surface area contributed by atoms with E-state index < -0.39 is 9.84 Å². The number of aryl methyl sites for hydroxylation is 1. The lowest BCUT2D eigenvalue weighted by atomic mass is 9.92. The fourth-order valence-corrected chi connectivity index (χ4v) is 2.86. The minimum atomic E-state index is -3.33. The maximum absolute atomic E-state index is 11.6. The molecule has 2 rings (SSSR count). The summed E-state index contributed by atoms with van der Waals surface area (Å²) in [4.78, 5) is 8.33. The van der Waals surface area contributed by atoms with E-state index >= 15 is 0 Å². The Morgan fingerprint density at radius 3 is 2.30 bits per heavy atom. The second kappa shape index (κ2) is 7.21. The van der Waals surface area contributed by atoms with Crippen LogP contribution in [0, 0.1) is 12.3 Å². The summed E-state index contributed by atoms with van der Waals surface area (Å²) in [6.45, 7) is 12.0. The van der Waals surface area contributed by atoms with Gasteiger partial charge in [0.2, 0.25) is 11.7 Å². The Labute approximate surface area is 138 Å². The van der Waals surface area contributed by atoms with Crippen LogP contribution in [0.3, 0.4) is 0 Å². The molecule has 0 radical (unpaired) electrons. The van der Waals surface area contributed by atoms with E-state index in [4.69, 9.17) is 4.52 Å². The quantitative estimate of drug-likeness (QED) is 0.851. The molecule has 0 bridgehead atoms. The molecular formula is C16H25N3O3S. The first-order valence-electron chi connectivity index (χ1n) is 7.56. The monoisotopic (exact) mass is 339 g/mol. The van der Waals surface area contributed by atoms with Gasteiger partial charge >= 0.3 is 0 Å². The van der Waals surface area contributed by atoms with Crippen molar-refractivity contribution in [2.24, 2.45) is 5.41 Å². The minimum absolute atomic E-state index is 0.0537. The van der Waals surface area contributed by atoms with E-state index in [0.29, 0.717) is 29.3 Å². The molecule has 0 aromatic carbocycles. The lowest BCUT2D eigenvalue weighted by Gasteiger charge is -2.13. The van der Waals surface area contributed by atoms with Crippen LogP contribution in [0.4, 0.5) is 0 Å². The normalized spacial score (nSPS) is 11.8. The van der Waals surface area contributed by atoms with E-state index in [0.717, 1.165) is 6.26 Å². The predicted octanol–water partition coefficient (Wildman–Crippen LogP) is 3.46. The third kappa shape index (κ3) is 5.42. The Morgan fingerprint density at radius 1 is 1.22 bits per heavy atom. The number of hydrogen-bond acceptors (Lipinski definition) is 6. The lowest BCUT2D eigenvalue weighted by Crippen LogP contribution is -2.09. The van der Waals surface area contributed by atoms with Crippen LogP contribution in [0.15, 0.2) is 21.8 Å². The van der Waals surface area contributed by atoms with Crippen molar-refractivity contribution in [1.82, 2.24) is 15.1 Å². The van der Waals surface area contributed by atoms with Crippen LogP contribution in [0.2, 0.25) is 0 Å². The molecule has 0 saturated carbocycles. The van der Waals surface area contributed by atoms with E-state index in [9.17, 15) is 8.42 Å². The van der Waals surface area contributed by atoms with Gasteiger partial charge in [0.25, 0.3) is 0 Å². The molecule has 0 N–H and O–H groups in total. The van der Waals surface area contributed by atoms with E-state index in [1.165, 1.54) is 6.20 Å². The summed E-state index contributed by atoms with van der Waals surface area (Å²) >= 11 is 0. The van der Waals surface area contributed by atoms with Crippen molar-refractivity contribution >= 4 is 9.84 Å². The molecule has 0 unspecified atom stereocenters. The molecule has 0 atom stereocenters. The van der Waals surface area contributed by atoms with E-state index in [1.54, 1.807) is 13.0 Å². The summed E-state index contributed by atoms with van der Waals surface area (Å²) in [7, 11) is -3.33. The summed E-state index contributed by atoms with van der Waals surface area (Å²) in [5, 5.41) is 4.00. The van der Waals surface area contributed by atoms with Gasteiger partial charge in [-0.15, -0.1) is 0 Å². The van der Waals surface area contributed by atoms with Crippen LogP contribution in [0.5, 0.6) is 0 Å². The average Bonchev–Trinajstić information content (AvgIpc) is 2.85. The van der Waals surface area contributed by atoms with E-state index in [2.05, 4.69) is 35.9 Å². The van der Waals surface area contributed by atoms with Gasteiger partial charge in [-0.1, -0.05) is 39.8 Å². The van der Waals surface area contributed by atoms with Crippen LogP contribution in [-0.2, 0) is 16.3 Å². The zero-order valence-corrected chi connectivity index (χ0v) is 15.7. The smallest absolute Gasteiger partial charge is 0.227 e. The molecule has 0 fully saturated rings. The summed E-state index contributed by atoms with van der Waals surface area (Å²) < 4.78 is 28.3. The van der Waals surface area contributed by atoms with Crippen LogP contribution in [0.1, 0.15) is 46.1 Å². The summed E-state index contributed by atoms with van der Waals surface area (Å²) in [5.74, 6) is 0.979. The first-order chi connectivity index (χ1) is 10.6. The molecule has 0 saturated heterocycles. The van der Waals surface area contributed by atoms with Gasteiger partial charge in [0, 0.05) is 24.4 Å². The van der Waals surface area contributed by atoms with Gasteiger partial charge in [-0.3, -0.25) is 0 Å². The third-order valence-electron chi connectivity index (χ3n) is 2.79. The van der Waals surface area contributed by atoms with Gasteiger partial charge in [-0.2, -0.15) is 4.98 Å². The minimum Gasteiger partial charge on any atom is -0.339 e. The predicted molar refractivity (Wildman–Crippen MR) is 89.9 cm³/mol. The van der Waals surface area contributed by atoms with Gasteiger partial charge in [-0.25, -0.2) is 13.4 Å². The van der Waals surface area contributed by atoms with Gasteiger partial charge in [0.15, 0.2) is 14.9 Å². The molecule has 6 nitrogen and oxygen atoms in total. The van der Waals surface area contributed by atoms with Crippen LogP contribution in [0.25, 0.3) is 11.4 Å². The topological polar surface area (TPSA) is 85.9 Å². The Hall–Kier alpha value is -1.76. The molecule has 128 valence electrons. The highest BCUT2D eigenvalue weighted by molar-refractivity contribution is 7.90. The number of hydrogen-bond donors (Lipinski definition) is 0. The molecule has 23 heavy (non-hydrogen) atoms. The molecular weight excluding hydrogens is 314 g/mol. The highest BCUT2D eigenvalue weighted by atomic mass is 32.2. The van der Waals surface area contributed by atoms with Crippen LogP contribution >= 0.6 is 0 Å². The van der Waals surface area contributed by atoms with E-state index in [-0.39, 0.29) is 10.4 Å². The summed E-state index contributed by atoms with van der Waals surface area (Å²) in [6.07, 6.45) is 3.26. The highest BCUT2D eigenvalue weighted by Crippen LogP contribution is 2.23. The maximum Gasteiger partial charge on any atom is 0.227 e. The first-order valence-corrected chi connectivity index (χ1v) is 9.45. The fraction of sp³-hybridized carbons (Fsp3) is 0.562. The van der Waals surface area contributed by atoms with Crippen molar-refractivity contribution in [2.45, 2.75) is 53.0 Å². The Morgan fingerprint density at radius 2 is 1.83 bits per heavy atom. The summed E-state index contributed by atoms with van der Waals surface area (Å²) in [6, 6.07) is 1.70. The molecule has 0 aliphatic rings. The average molecular weight is 339 g/mol.